The fraction of sp³-hybridized carbons (Fsp3) is 0.647. The summed E-state index contributed by atoms with van der Waals surface area (Å²) in [7, 11) is 0. The van der Waals surface area contributed by atoms with E-state index in [9.17, 15) is 5.11 Å². The number of nitrogens with one attached hydrogen (secondary N) is 1. The molecule has 106 valence electrons. The second-order valence-electron chi connectivity index (χ2n) is 6.92. The van der Waals surface area contributed by atoms with Crippen LogP contribution in [0.25, 0.3) is 0 Å². The largest absolute Gasteiger partial charge is 0.394 e. The molecule has 0 spiro atoms. The lowest BCUT2D eigenvalue weighted by molar-refractivity contribution is 0.132. The molecule has 2 N–H and O–H groups in total. The molecule has 0 aromatic heterocycles. The highest BCUT2D eigenvalue weighted by Crippen LogP contribution is 2.39. The summed E-state index contributed by atoms with van der Waals surface area (Å²) in [5, 5.41) is 13.3. The van der Waals surface area contributed by atoms with Gasteiger partial charge < -0.3 is 10.4 Å². The van der Waals surface area contributed by atoms with Crippen molar-refractivity contribution in [1.82, 2.24) is 5.32 Å². The monoisotopic (exact) mass is 261 g/mol. The molecule has 2 rings (SSSR count). The summed E-state index contributed by atoms with van der Waals surface area (Å²) in [4.78, 5) is 0. The Morgan fingerprint density at radius 3 is 2.53 bits per heavy atom. The number of hydrogen-bond donors (Lipinski definition) is 2. The van der Waals surface area contributed by atoms with Crippen molar-refractivity contribution in [3.8, 4) is 0 Å². The van der Waals surface area contributed by atoms with Crippen LogP contribution >= 0.6 is 0 Å². The van der Waals surface area contributed by atoms with Crippen LogP contribution in [0.4, 0.5) is 0 Å². The highest BCUT2D eigenvalue weighted by atomic mass is 16.3. The van der Waals surface area contributed by atoms with Gasteiger partial charge in [-0.15, -0.1) is 0 Å². The van der Waals surface area contributed by atoms with Crippen LogP contribution in [-0.4, -0.2) is 17.8 Å². The van der Waals surface area contributed by atoms with E-state index in [0.29, 0.717) is 11.5 Å². The van der Waals surface area contributed by atoms with E-state index in [4.69, 9.17) is 0 Å². The molecule has 2 nitrogen and oxygen atoms in total. The Morgan fingerprint density at radius 1 is 1.26 bits per heavy atom. The summed E-state index contributed by atoms with van der Waals surface area (Å²) in [5.41, 5.74) is 1.59. The van der Waals surface area contributed by atoms with E-state index in [-0.39, 0.29) is 12.6 Å². The Morgan fingerprint density at radius 2 is 1.95 bits per heavy atom. The second kappa shape index (κ2) is 6.06. The van der Waals surface area contributed by atoms with E-state index >= 15 is 0 Å². The summed E-state index contributed by atoms with van der Waals surface area (Å²) in [6.45, 7) is 7.21. The molecule has 0 amide bonds. The maximum absolute atomic E-state index is 9.64. The van der Waals surface area contributed by atoms with Crippen LogP contribution in [0, 0.1) is 11.3 Å². The second-order valence-corrected chi connectivity index (χ2v) is 6.92. The van der Waals surface area contributed by atoms with Crippen LogP contribution in [0.1, 0.15) is 51.6 Å². The molecule has 1 aliphatic carbocycles. The summed E-state index contributed by atoms with van der Waals surface area (Å²) in [6.07, 6.45) is 3.72. The first kappa shape index (κ1) is 14.5. The Labute approximate surface area is 117 Å². The highest BCUT2D eigenvalue weighted by molar-refractivity contribution is 5.19. The van der Waals surface area contributed by atoms with Crippen molar-refractivity contribution in [2.24, 2.45) is 11.3 Å². The topological polar surface area (TPSA) is 32.3 Å². The quantitative estimate of drug-likeness (QED) is 0.869. The molecule has 19 heavy (non-hydrogen) atoms. The van der Waals surface area contributed by atoms with E-state index < -0.39 is 0 Å². The summed E-state index contributed by atoms with van der Waals surface area (Å²) in [5.74, 6) is 0.761. The van der Waals surface area contributed by atoms with Gasteiger partial charge in [-0.05, 0) is 36.2 Å². The molecule has 0 aliphatic heterocycles. The zero-order valence-electron chi connectivity index (χ0n) is 12.4. The van der Waals surface area contributed by atoms with E-state index in [0.717, 1.165) is 5.92 Å². The smallest absolute Gasteiger partial charge is 0.0626 e. The highest BCUT2D eigenvalue weighted by Gasteiger charge is 2.32. The Balaban J connectivity index is 2.02. The lowest BCUT2D eigenvalue weighted by atomic mass is 9.70. The zero-order valence-corrected chi connectivity index (χ0v) is 12.4. The molecular weight excluding hydrogens is 234 g/mol. The van der Waals surface area contributed by atoms with Crippen LogP contribution in [0.3, 0.4) is 0 Å². The van der Waals surface area contributed by atoms with Crippen LogP contribution < -0.4 is 5.32 Å². The molecule has 1 aliphatic rings. The molecule has 0 saturated heterocycles. The fourth-order valence-electron chi connectivity index (χ4n) is 3.70. The zero-order chi connectivity index (χ0) is 13.9. The van der Waals surface area contributed by atoms with Crippen molar-refractivity contribution < 1.29 is 5.11 Å². The van der Waals surface area contributed by atoms with Crippen molar-refractivity contribution in [2.75, 3.05) is 6.61 Å². The van der Waals surface area contributed by atoms with Gasteiger partial charge in [0.05, 0.1) is 12.6 Å². The third-order valence-electron chi connectivity index (χ3n) is 4.21. The number of aliphatic hydroxyl groups is 1. The molecule has 1 fully saturated rings. The molecule has 1 aromatic carbocycles. The maximum Gasteiger partial charge on any atom is 0.0626 e. The van der Waals surface area contributed by atoms with Gasteiger partial charge >= 0.3 is 0 Å². The van der Waals surface area contributed by atoms with E-state index in [1.165, 1.54) is 24.8 Å². The SMILES string of the molecule is CC1CC(N[C@@H](CO)c2ccccc2)CC(C)(C)C1. The summed E-state index contributed by atoms with van der Waals surface area (Å²) < 4.78 is 0. The van der Waals surface area contributed by atoms with Gasteiger partial charge in [0.15, 0.2) is 0 Å². The van der Waals surface area contributed by atoms with Crippen molar-refractivity contribution in [3.63, 3.8) is 0 Å². The van der Waals surface area contributed by atoms with Crippen molar-refractivity contribution in [1.29, 1.82) is 0 Å². The third-order valence-corrected chi connectivity index (χ3v) is 4.21. The molecule has 2 heteroatoms. The van der Waals surface area contributed by atoms with E-state index in [2.05, 4.69) is 38.2 Å². The minimum atomic E-state index is 0.0623. The summed E-state index contributed by atoms with van der Waals surface area (Å²) in [6, 6.07) is 10.8. The van der Waals surface area contributed by atoms with Crippen molar-refractivity contribution in [3.05, 3.63) is 35.9 Å². The van der Waals surface area contributed by atoms with Crippen LogP contribution in [-0.2, 0) is 0 Å². The number of rotatable bonds is 4. The van der Waals surface area contributed by atoms with Gasteiger partial charge in [0.2, 0.25) is 0 Å². The van der Waals surface area contributed by atoms with Gasteiger partial charge in [-0.3, -0.25) is 0 Å². The lowest BCUT2D eigenvalue weighted by Crippen LogP contribution is -2.42. The molecule has 1 aromatic rings. The van der Waals surface area contributed by atoms with Gasteiger partial charge in [0.1, 0.15) is 0 Å². The van der Waals surface area contributed by atoms with E-state index in [1.807, 2.05) is 18.2 Å². The van der Waals surface area contributed by atoms with E-state index in [1.54, 1.807) is 0 Å². The fourth-order valence-corrected chi connectivity index (χ4v) is 3.70. The Hall–Kier alpha value is -0.860. The van der Waals surface area contributed by atoms with Gasteiger partial charge in [-0.2, -0.15) is 0 Å². The first-order chi connectivity index (χ1) is 9.00. The van der Waals surface area contributed by atoms with Gasteiger partial charge in [0.25, 0.3) is 0 Å². The maximum atomic E-state index is 9.64. The predicted molar refractivity (Wildman–Crippen MR) is 80.0 cm³/mol. The Kier molecular flexibility index (Phi) is 4.64. The van der Waals surface area contributed by atoms with Crippen LogP contribution in [0.15, 0.2) is 30.3 Å². The average molecular weight is 261 g/mol. The first-order valence-electron chi connectivity index (χ1n) is 7.42. The molecule has 0 radical (unpaired) electrons. The van der Waals surface area contributed by atoms with Crippen molar-refractivity contribution >= 4 is 0 Å². The lowest BCUT2D eigenvalue weighted by Gasteiger charge is -2.40. The third kappa shape index (κ3) is 4.05. The first-order valence-corrected chi connectivity index (χ1v) is 7.42. The Bertz CT molecular complexity index is 388. The van der Waals surface area contributed by atoms with Crippen LogP contribution in [0.2, 0.25) is 0 Å². The van der Waals surface area contributed by atoms with Gasteiger partial charge in [-0.1, -0.05) is 51.1 Å². The molecule has 1 saturated carbocycles. The minimum absolute atomic E-state index is 0.0623. The number of aliphatic hydroxyl groups excluding tert-OH is 1. The van der Waals surface area contributed by atoms with Gasteiger partial charge in [0, 0.05) is 6.04 Å². The summed E-state index contributed by atoms with van der Waals surface area (Å²) >= 11 is 0. The average Bonchev–Trinajstić information content (AvgIpc) is 2.34. The number of hydrogen-bond acceptors (Lipinski definition) is 2. The molecule has 2 unspecified atom stereocenters. The van der Waals surface area contributed by atoms with Crippen molar-refractivity contribution in [2.45, 2.75) is 52.1 Å². The minimum Gasteiger partial charge on any atom is -0.394 e. The molecule has 0 bridgehead atoms. The number of benzene rings is 1. The van der Waals surface area contributed by atoms with Crippen LogP contribution in [0.5, 0.6) is 0 Å². The molecular formula is C17H27NO. The van der Waals surface area contributed by atoms with Gasteiger partial charge in [-0.25, -0.2) is 0 Å². The standard InChI is InChI=1S/C17H27NO/c1-13-9-15(11-17(2,3)10-13)18-16(12-19)14-7-5-4-6-8-14/h4-8,13,15-16,18-19H,9-12H2,1-3H3/t13?,15?,16-/m0/s1. The molecule has 0 heterocycles. The normalized spacial score (nSPS) is 28.0. The predicted octanol–water partition coefficient (Wildman–Crippen LogP) is 3.52. The molecule has 3 atom stereocenters.